The first kappa shape index (κ1) is 17.7. The topological polar surface area (TPSA) is 80.0 Å². The summed E-state index contributed by atoms with van der Waals surface area (Å²) in [6, 6.07) is 20.1. The predicted octanol–water partition coefficient (Wildman–Crippen LogP) is 4.82. The molecule has 2 aromatic heterocycles. The van der Waals surface area contributed by atoms with Gasteiger partial charge in [-0.1, -0.05) is 24.3 Å². The van der Waals surface area contributed by atoms with Crippen LogP contribution in [0.25, 0.3) is 10.9 Å². The summed E-state index contributed by atoms with van der Waals surface area (Å²) in [4.78, 5) is 15.5. The minimum atomic E-state index is 0.505. The van der Waals surface area contributed by atoms with Crippen LogP contribution in [0.5, 0.6) is 0 Å². The van der Waals surface area contributed by atoms with Gasteiger partial charge in [0.1, 0.15) is 12.0 Å². The fourth-order valence-electron chi connectivity index (χ4n) is 3.26. The number of pyridine rings is 1. The van der Waals surface area contributed by atoms with Crippen molar-refractivity contribution in [3.05, 3.63) is 72.7 Å². The number of nitrogens with one attached hydrogen (secondary N) is 1. The number of nitrogens with zero attached hydrogens (tertiary/aromatic N) is 4. The molecule has 0 unspecified atom stereocenters. The Bertz CT molecular complexity index is 1110. The molecule has 2 aromatic carbocycles. The van der Waals surface area contributed by atoms with Crippen LogP contribution in [0.3, 0.4) is 0 Å². The lowest BCUT2D eigenvalue weighted by atomic mass is 10.1. The summed E-state index contributed by atoms with van der Waals surface area (Å²) in [5.74, 6) is 1.26. The molecule has 0 fully saturated rings. The average molecular weight is 370 g/mol. The van der Waals surface area contributed by atoms with Crippen molar-refractivity contribution >= 4 is 39.6 Å². The summed E-state index contributed by atoms with van der Waals surface area (Å²) in [7, 11) is 0. The number of nitrogen functional groups attached to an aromatic ring is 1. The van der Waals surface area contributed by atoms with E-state index in [-0.39, 0.29) is 0 Å². The molecular weight excluding hydrogens is 348 g/mol. The Kier molecular flexibility index (Phi) is 4.76. The Morgan fingerprint density at radius 1 is 0.964 bits per heavy atom. The molecule has 0 spiro atoms. The van der Waals surface area contributed by atoms with Crippen LogP contribution >= 0.6 is 0 Å². The first-order valence-electron chi connectivity index (χ1n) is 9.24. The second kappa shape index (κ2) is 7.52. The van der Waals surface area contributed by atoms with E-state index in [4.69, 9.17) is 5.73 Å². The largest absolute Gasteiger partial charge is 0.393 e. The van der Waals surface area contributed by atoms with Crippen LogP contribution in [-0.4, -0.2) is 21.5 Å². The van der Waals surface area contributed by atoms with Crippen molar-refractivity contribution in [2.45, 2.75) is 13.8 Å². The molecule has 0 radical (unpaired) electrons. The first-order chi connectivity index (χ1) is 13.7. The number of hydrogen-bond donors (Lipinski definition) is 2. The number of nitrogens with two attached hydrogens (primary N) is 1. The number of anilines is 5. The lowest BCUT2D eigenvalue weighted by Gasteiger charge is -2.24. The van der Waals surface area contributed by atoms with Crippen molar-refractivity contribution in [3.8, 4) is 0 Å². The van der Waals surface area contributed by atoms with Gasteiger partial charge in [-0.3, -0.25) is 4.98 Å². The van der Waals surface area contributed by atoms with Gasteiger partial charge in [0, 0.05) is 29.0 Å². The number of hydrogen-bond acceptors (Lipinski definition) is 6. The van der Waals surface area contributed by atoms with Crippen LogP contribution in [-0.2, 0) is 0 Å². The van der Waals surface area contributed by atoms with Crippen molar-refractivity contribution in [2.24, 2.45) is 0 Å². The summed E-state index contributed by atoms with van der Waals surface area (Å²) in [5.41, 5.74) is 10.8. The fourth-order valence-corrected chi connectivity index (χ4v) is 3.26. The molecular formula is C22H22N6. The van der Waals surface area contributed by atoms with Crippen LogP contribution in [0.2, 0.25) is 0 Å². The number of aryl methyl sites for hydroxylation is 1. The summed E-state index contributed by atoms with van der Waals surface area (Å²) < 4.78 is 0. The van der Waals surface area contributed by atoms with Gasteiger partial charge in [0.15, 0.2) is 11.6 Å². The van der Waals surface area contributed by atoms with Gasteiger partial charge in [0.2, 0.25) is 0 Å². The van der Waals surface area contributed by atoms with Crippen LogP contribution in [0.15, 0.2) is 67.0 Å². The molecule has 0 aliphatic rings. The van der Waals surface area contributed by atoms with Crippen molar-refractivity contribution in [3.63, 3.8) is 0 Å². The van der Waals surface area contributed by atoms with E-state index >= 15 is 0 Å². The summed E-state index contributed by atoms with van der Waals surface area (Å²) in [5, 5.41) is 4.38. The van der Waals surface area contributed by atoms with Crippen molar-refractivity contribution < 1.29 is 0 Å². The van der Waals surface area contributed by atoms with Crippen LogP contribution in [0, 0.1) is 6.92 Å². The third-order valence-corrected chi connectivity index (χ3v) is 4.63. The highest BCUT2D eigenvalue weighted by molar-refractivity contribution is 5.94. The quantitative estimate of drug-likeness (QED) is 0.524. The lowest BCUT2D eigenvalue weighted by Crippen LogP contribution is -2.19. The second-order valence-electron chi connectivity index (χ2n) is 6.49. The Morgan fingerprint density at radius 3 is 2.57 bits per heavy atom. The van der Waals surface area contributed by atoms with Gasteiger partial charge < -0.3 is 16.0 Å². The molecule has 0 atom stereocenters. The van der Waals surface area contributed by atoms with Gasteiger partial charge >= 0.3 is 0 Å². The SMILES string of the molecule is CCN(c1ccccc1)c1ncnc(Nc2cccc3nc(C)ccc23)c1N. The first-order valence-corrected chi connectivity index (χ1v) is 9.24. The van der Waals surface area contributed by atoms with Crippen molar-refractivity contribution in [2.75, 3.05) is 22.5 Å². The molecule has 0 saturated carbocycles. The highest BCUT2D eigenvalue weighted by Crippen LogP contribution is 2.34. The Balaban J connectivity index is 1.74. The normalized spacial score (nSPS) is 10.8. The van der Waals surface area contributed by atoms with E-state index in [1.54, 1.807) is 0 Å². The van der Waals surface area contributed by atoms with Gasteiger partial charge in [-0.15, -0.1) is 0 Å². The number of aromatic nitrogens is 3. The smallest absolute Gasteiger partial charge is 0.161 e. The van der Waals surface area contributed by atoms with E-state index in [1.807, 2.05) is 61.5 Å². The van der Waals surface area contributed by atoms with Crippen LogP contribution < -0.4 is 16.0 Å². The molecule has 0 aliphatic carbocycles. The molecule has 0 saturated heterocycles. The average Bonchev–Trinajstić information content (AvgIpc) is 2.72. The lowest BCUT2D eigenvalue weighted by molar-refractivity contribution is 0.980. The van der Waals surface area contributed by atoms with E-state index < -0.39 is 0 Å². The van der Waals surface area contributed by atoms with Gasteiger partial charge in [0.25, 0.3) is 0 Å². The zero-order chi connectivity index (χ0) is 19.5. The van der Waals surface area contributed by atoms with Crippen molar-refractivity contribution in [1.29, 1.82) is 0 Å². The molecule has 6 nitrogen and oxygen atoms in total. The number of fused-ring (bicyclic) bond motifs is 1. The van der Waals surface area contributed by atoms with Gasteiger partial charge in [-0.05, 0) is 50.2 Å². The molecule has 3 N–H and O–H groups in total. The maximum atomic E-state index is 6.47. The van der Waals surface area contributed by atoms with E-state index in [0.717, 1.165) is 34.5 Å². The highest BCUT2D eigenvalue weighted by atomic mass is 15.2. The Labute approximate surface area is 164 Å². The molecule has 0 aliphatic heterocycles. The van der Waals surface area contributed by atoms with E-state index in [9.17, 15) is 0 Å². The van der Waals surface area contributed by atoms with Gasteiger partial charge in [0.05, 0.1) is 5.52 Å². The zero-order valence-corrected chi connectivity index (χ0v) is 15.9. The summed E-state index contributed by atoms with van der Waals surface area (Å²) in [6.07, 6.45) is 1.53. The zero-order valence-electron chi connectivity index (χ0n) is 15.9. The maximum absolute atomic E-state index is 6.47. The van der Waals surface area contributed by atoms with E-state index in [1.165, 1.54) is 6.33 Å². The fraction of sp³-hybridized carbons (Fsp3) is 0.136. The third kappa shape index (κ3) is 3.32. The van der Waals surface area contributed by atoms with E-state index in [0.29, 0.717) is 17.3 Å². The molecule has 140 valence electrons. The molecule has 0 bridgehead atoms. The molecule has 0 amide bonds. The standard InChI is InChI=1S/C22H22N6/c1-3-28(16-8-5-4-6-9-16)22-20(23)21(24-14-25-22)27-19-11-7-10-18-17(19)13-12-15(2)26-18/h4-14H,3,23H2,1-2H3,(H,24,25,27). The minimum Gasteiger partial charge on any atom is -0.393 e. The monoisotopic (exact) mass is 370 g/mol. The molecule has 4 rings (SSSR count). The summed E-state index contributed by atoms with van der Waals surface area (Å²) in [6.45, 7) is 4.79. The van der Waals surface area contributed by atoms with Gasteiger partial charge in [-0.25, -0.2) is 9.97 Å². The van der Waals surface area contributed by atoms with E-state index in [2.05, 4.69) is 38.2 Å². The van der Waals surface area contributed by atoms with Crippen molar-refractivity contribution in [1.82, 2.24) is 15.0 Å². The minimum absolute atomic E-state index is 0.505. The van der Waals surface area contributed by atoms with Crippen LogP contribution in [0.1, 0.15) is 12.6 Å². The molecule has 6 heteroatoms. The summed E-state index contributed by atoms with van der Waals surface area (Å²) >= 11 is 0. The molecule has 2 heterocycles. The Morgan fingerprint density at radius 2 is 1.79 bits per heavy atom. The predicted molar refractivity (Wildman–Crippen MR) is 115 cm³/mol. The van der Waals surface area contributed by atoms with Gasteiger partial charge in [-0.2, -0.15) is 0 Å². The highest BCUT2D eigenvalue weighted by Gasteiger charge is 2.16. The second-order valence-corrected chi connectivity index (χ2v) is 6.49. The number of para-hydroxylation sites is 1. The Hall–Kier alpha value is -3.67. The molecule has 4 aromatic rings. The maximum Gasteiger partial charge on any atom is 0.161 e. The van der Waals surface area contributed by atoms with Crippen LogP contribution in [0.4, 0.5) is 28.7 Å². The number of rotatable bonds is 5. The third-order valence-electron chi connectivity index (χ3n) is 4.63. The molecule has 28 heavy (non-hydrogen) atoms. The number of benzene rings is 2.